The van der Waals surface area contributed by atoms with Gasteiger partial charge in [-0.05, 0) is 32.0 Å². The average Bonchev–Trinajstić information content (AvgIpc) is 3.22. The maximum absolute atomic E-state index is 12.3. The molecule has 0 aliphatic carbocycles. The Bertz CT molecular complexity index is 940. The van der Waals surface area contributed by atoms with E-state index in [1.807, 2.05) is 36.9 Å². The van der Waals surface area contributed by atoms with Crippen molar-refractivity contribution in [2.24, 2.45) is 0 Å². The summed E-state index contributed by atoms with van der Waals surface area (Å²) in [6, 6.07) is 5.73. The number of hydrogen-bond acceptors (Lipinski definition) is 6. The lowest BCUT2D eigenvalue weighted by Gasteiger charge is -2.26. The Balaban J connectivity index is 1.55. The molecule has 1 amide bonds. The molecule has 3 aromatic heterocycles. The highest BCUT2D eigenvalue weighted by Crippen LogP contribution is 2.12. The summed E-state index contributed by atoms with van der Waals surface area (Å²) in [7, 11) is 0. The molecule has 4 heterocycles. The van der Waals surface area contributed by atoms with E-state index in [-0.39, 0.29) is 5.91 Å². The molecule has 9 nitrogen and oxygen atoms in total. The van der Waals surface area contributed by atoms with Crippen molar-refractivity contribution in [2.75, 3.05) is 26.3 Å². The second-order valence-electron chi connectivity index (χ2n) is 6.41. The number of fused-ring (bicyclic) bond motifs is 1. The topological polar surface area (TPSA) is 90.4 Å². The monoisotopic (exact) mass is 355 g/mol. The number of aryl methyl sites for hydroxylation is 3. The highest BCUT2D eigenvalue weighted by atomic mass is 16.5. The molecule has 0 unspecified atom stereocenters. The zero-order valence-corrected chi connectivity index (χ0v) is 14.9. The van der Waals surface area contributed by atoms with Gasteiger partial charge in [-0.1, -0.05) is 0 Å². The molecule has 0 aromatic carbocycles. The van der Waals surface area contributed by atoms with Crippen LogP contribution in [0.2, 0.25) is 0 Å². The molecule has 1 fully saturated rings. The van der Waals surface area contributed by atoms with Gasteiger partial charge in [0, 0.05) is 31.6 Å². The van der Waals surface area contributed by atoms with Crippen molar-refractivity contribution in [3.05, 3.63) is 35.4 Å². The minimum atomic E-state index is 0.111. The third-order valence-corrected chi connectivity index (χ3v) is 4.47. The van der Waals surface area contributed by atoms with E-state index in [0.29, 0.717) is 56.4 Å². The van der Waals surface area contributed by atoms with Gasteiger partial charge in [0.1, 0.15) is 0 Å². The molecule has 0 bridgehead atoms. The third-order valence-electron chi connectivity index (χ3n) is 4.47. The maximum atomic E-state index is 12.3. The number of carbonyl (C=O) groups is 1. The van der Waals surface area contributed by atoms with E-state index in [0.717, 1.165) is 11.4 Å². The number of rotatable bonds is 4. The fraction of sp³-hybridized carbons (Fsp3) is 0.471. The summed E-state index contributed by atoms with van der Waals surface area (Å²) >= 11 is 0. The highest BCUT2D eigenvalue weighted by molar-refractivity contribution is 5.76. The van der Waals surface area contributed by atoms with Crippen LogP contribution in [0, 0.1) is 13.8 Å². The largest absolute Gasteiger partial charge is 0.378 e. The van der Waals surface area contributed by atoms with E-state index in [9.17, 15) is 4.79 Å². The second-order valence-corrected chi connectivity index (χ2v) is 6.41. The minimum Gasteiger partial charge on any atom is -0.378 e. The number of morpholine rings is 1. The Morgan fingerprint density at radius 1 is 1.15 bits per heavy atom. The molecule has 0 spiro atoms. The molecule has 3 aromatic rings. The van der Waals surface area contributed by atoms with E-state index in [4.69, 9.17) is 4.74 Å². The first-order chi connectivity index (χ1) is 12.6. The van der Waals surface area contributed by atoms with Crippen molar-refractivity contribution >= 4 is 11.6 Å². The molecule has 136 valence electrons. The van der Waals surface area contributed by atoms with Crippen LogP contribution in [0.25, 0.3) is 11.5 Å². The lowest BCUT2D eigenvalue weighted by Crippen LogP contribution is -2.40. The summed E-state index contributed by atoms with van der Waals surface area (Å²) < 4.78 is 8.77. The molecule has 1 aliphatic rings. The predicted octanol–water partition coefficient (Wildman–Crippen LogP) is 0.718. The van der Waals surface area contributed by atoms with Crippen LogP contribution in [0.1, 0.15) is 23.6 Å². The molecule has 9 heteroatoms. The number of aromatic nitrogens is 6. The van der Waals surface area contributed by atoms with Crippen LogP contribution >= 0.6 is 0 Å². The third kappa shape index (κ3) is 3.17. The average molecular weight is 355 g/mol. The maximum Gasteiger partial charge on any atom is 0.223 e. The van der Waals surface area contributed by atoms with E-state index >= 15 is 0 Å². The Morgan fingerprint density at radius 3 is 2.69 bits per heavy atom. The van der Waals surface area contributed by atoms with Crippen molar-refractivity contribution in [3.8, 4) is 5.82 Å². The summed E-state index contributed by atoms with van der Waals surface area (Å²) in [5, 5.41) is 17.4. The molecule has 0 N–H and O–H groups in total. The van der Waals surface area contributed by atoms with Gasteiger partial charge in [0.15, 0.2) is 17.3 Å². The van der Waals surface area contributed by atoms with Crippen molar-refractivity contribution in [3.63, 3.8) is 0 Å². The lowest BCUT2D eigenvalue weighted by atomic mass is 10.2. The van der Waals surface area contributed by atoms with E-state index in [1.165, 1.54) is 0 Å². The minimum absolute atomic E-state index is 0.111. The van der Waals surface area contributed by atoms with Gasteiger partial charge in [-0.15, -0.1) is 15.3 Å². The normalized spacial score (nSPS) is 14.9. The van der Waals surface area contributed by atoms with Crippen LogP contribution in [0.4, 0.5) is 0 Å². The molecule has 0 radical (unpaired) electrons. The molecule has 4 rings (SSSR count). The second kappa shape index (κ2) is 6.83. The standard InChI is InChI=1S/C17H21N7O2/c1-12-11-13(2)23(20-12)16-4-3-14-18-19-15(24(14)21-16)5-6-17(25)22-7-9-26-10-8-22/h3-4,11H,5-10H2,1-2H3. The summed E-state index contributed by atoms with van der Waals surface area (Å²) in [5.41, 5.74) is 2.60. The van der Waals surface area contributed by atoms with Gasteiger partial charge in [-0.25, -0.2) is 4.68 Å². The summed E-state index contributed by atoms with van der Waals surface area (Å²) in [4.78, 5) is 14.2. The van der Waals surface area contributed by atoms with Gasteiger partial charge < -0.3 is 9.64 Å². The number of amides is 1. The van der Waals surface area contributed by atoms with Crippen LogP contribution in [0.5, 0.6) is 0 Å². The fourth-order valence-corrected chi connectivity index (χ4v) is 3.14. The Morgan fingerprint density at radius 2 is 1.96 bits per heavy atom. The molecule has 0 atom stereocenters. The zero-order valence-electron chi connectivity index (χ0n) is 14.9. The molecular weight excluding hydrogens is 334 g/mol. The van der Waals surface area contributed by atoms with Crippen LogP contribution in [0.3, 0.4) is 0 Å². The first-order valence-electron chi connectivity index (χ1n) is 8.72. The van der Waals surface area contributed by atoms with Crippen LogP contribution in [-0.2, 0) is 16.0 Å². The lowest BCUT2D eigenvalue weighted by molar-refractivity contribution is -0.135. The quantitative estimate of drug-likeness (QED) is 0.685. The van der Waals surface area contributed by atoms with E-state index < -0.39 is 0 Å². The van der Waals surface area contributed by atoms with Gasteiger partial charge in [0.25, 0.3) is 0 Å². The van der Waals surface area contributed by atoms with Crippen LogP contribution in [0.15, 0.2) is 18.2 Å². The van der Waals surface area contributed by atoms with Crippen LogP contribution in [-0.4, -0.2) is 66.7 Å². The molecule has 0 saturated carbocycles. The van der Waals surface area contributed by atoms with Gasteiger partial charge in [-0.3, -0.25) is 4.79 Å². The molecule has 1 saturated heterocycles. The first-order valence-corrected chi connectivity index (χ1v) is 8.72. The molecule has 1 aliphatic heterocycles. The first kappa shape index (κ1) is 16.6. The Labute approximate surface area is 150 Å². The van der Waals surface area contributed by atoms with Gasteiger partial charge >= 0.3 is 0 Å². The van der Waals surface area contributed by atoms with E-state index in [2.05, 4.69) is 20.4 Å². The smallest absolute Gasteiger partial charge is 0.223 e. The Hall–Kier alpha value is -2.81. The van der Waals surface area contributed by atoms with Crippen molar-refractivity contribution in [1.29, 1.82) is 0 Å². The summed E-state index contributed by atoms with van der Waals surface area (Å²) in [5.74, 6) is 1.48. The predicted molar refractivity (Wildman–Crippen MR) is 93.1 cm³/mol. The summed E-state index contributed by atoms with van der Waals surface area (Å²) in [6.45, 7) is 6.45. The SMILES string of the molecule is Cc1cc(C)n(-c2ccc3nnc(CCC(=O)N4CCOCC4)n3n2)n1. The van der Waals surface area contributed by atoms with Crippen LogP contribution < -0.4 is 0 Å². The zero-order chi connectivity index (χ0) is 18.1. The van der Waals surface area contributed by atoms with Crippen molar-refractivity contribution in [2.45, 2.75) is 26.7 Å². The number of nitrogens with zero attached hydrogens (tertiary/aromatic N) is 7. The van der Waals surface area contributed by atoms with Gasteiger partial charge in [-0.2, -0.15) is 9.61 Å². The Kier molecular flexibility index (Phi) is 4.37. The number of hydrogen-bond donors (Lipinski definition) is 0. The van der Waals surface area contributed by atoms with Crippen molar-refractivity contribution in [1.82, 2.24) is 34.5 Å². The molecule has 26 heavy (non-hydrogen) atoms. The van der Waals surface area contributed by atoms with Crippen molar-refractivity contribution < 1.29 is 9.53 Å². The van der Waals surface area contributed by atoms with Gasteiger partial charge in [0.2, 0.25) is 5.91 Å². The molecular formula is C17H21N7O2. The van der Waals surface area contributed by atoms with E-state index in [1.54, 1.807) is 9.20 Å². The summed E-state index contributed by atoms with van der Waals surface area (Å²) in [6.07, 6.45) is 0.873. The number of ether oxygens (including phenoxy) is 1. The van der Waals surface area contributed by atoms with Gasteiger partial charge in [0.05, 0.1) is 18.9 Å². The number of carbonyl (C=O) groups excluding carboxylic acids is 1. The highest BCUT2D eigenvalue weighted by Gasteiger charge is 2.18. The fourth-order valence-electron chi connectivity index (χ4n) is 3.14.